The second-order valence-electron chi connectivity index (χ2n) is 6.36. The standard InChI is InChI=1S/C16H24N2O4S/c1-3-4-12-5-7-13(8-6-12)17-14-9-10-15(18(19)20)16(11-14)23(2,21)22/h9-13,17H,3-8H2,1-2H3. The van der Waals surface area contributed by atoms with E-state index in [-0.39, 0.29) is 10.6 Å². The highest BCUT2D eigenvalue weighted by Crippen LogP contribution is 2.31. The highest BCUT2D eigenvalue weighted by molar-refractivity contribution is 7.90. The maximum Gasteiger partial charge on any atom is 0.288 e. The van der Waals surface area contributed by atoms with Crippen molar-refractivity contribution in [3.63, 3.8) is 0 Å². The maximum atomic E-state index is 11.8. The lowest BCUT2D eigenvalue weighted by Gasteiger charge is -2.29. The molecule has 0 atom stereocenters. The van der Waals surface area contributed by atoms with Gasteiger partial charge in [-0.25, -0.2) is 8.42 Å². The molecule has 0 saturated heterocycles. The third kappa shape index (κ3) is 4.67. The molecule has 1 N–H and O–H groups in total. The molecular formula is C16H24N2O4S. The Morgan fingerprint density at radius 2 is 1.91 bits per heavy atom. The summed E-state index contributed by atoms with van der Waals surface area (Å²) in [4.78, 5) is 10.1. The Morgan fingerprint density at radius 3 is 2.43 bits per heavy atom. The van der Waals surface area contributed by atoms with Crippen LogP contribution in [0.5, 0.6) is 0 Å². The fourth-order valence-electron chi connectivity index (χ4n) is 3.29. The smallest absolute Gasteiger partial charge is 0.288 e. The lowest BCUT2D eigenvalue weighted by Crippen LogP contribution is -2.26. The maximum absolute atomic E-state index is 11.8. The van der Waals surface area contributed by atoms with Crippen LogP contribution in [0.25, 0.3) is 0 Å². The Balaban J connectivity index is 2.11. The number of nitro benzene ring substituents is 1. The third-order valence-corrected chi connectivity index (χ3v) is 5.60. The molecule has 0 unspecified atom stereocenters. The molecule has 1 aromatic rings. The van der Waals surface area contributed by atoms with E-state index in [1.54, 1.807) is 6.07 Å². The van der Waals surface area contributed by atoms with Gasteiger partial charge in [-0.3, -0.25) is 10.1 Å². The number of benzene rings is 1. The number of hydrogen-bond acceptors (Lipinski definition) is 5. The molecule has 0 aliphatic heterocycles. The first-order chi connectivity index (χ1) is 10.8. The van der Waals surface area contributed by atoms with E-state index >= 15 is 0 Å². The summed E-state index contributed by atoms with van der Waals surface area (Å²) in [6.07, 6.45) is 7.93. The van der Waals surface area contributed by atoms with Gasteiger partial charge >= 0.3 is 0 Å². The van der Waals surface area contributed by atoms with Crippen LogP contribution in [-0.4, -0.2) is 25.6 Å². The molecule has 0 spiro atoms. The molecule has 1 aliphatic carbocycles. The monoisotopic (exact) mass is 340 g/mol. The molecule has 0 radical (unpaired) electrons. The van der Waals surface area contributed by atoms with Gasteiger partial charge in [0.05, 0.1) is 4.92 Å². The Labute approximate surface area is 137 Å². The Bertz CT molecular complexity index is 665. The SMILES string of the molecule is CCCC1CCC(Nc2ccc([N+](=O)[O-])c(S(C)(=O)=O)c2)CC1. The number of anilines is 1. The minimum absolute atomic E-state index is 0.229. The van der Waals surface area contributed by atoms with Gasteiger partial charge in [0.25, 0.3) is 5.69 Å². The van der Waals surface area contributed by atoms with E-state index in [9.17, 15) is 18.5 Å². The van der Waals surface area contributed by atoms with Crippen molar-refractivity contribution in [2.75, 3.05) is 11.6 Å². The van der Waals surface area contributed by atoms with Crippen molar-refractivity contribution in [2.45, 2.75) is 56.4 Å². The van der Waals surface area contributed by atoms with E-state index in [0.717, 1.165) is 25.0 Å². The minimum atomic E-state index is -3.64. The molecular weight excluding hydrogens is 316 g/mol. The van der Waals surface area contributed by atoms with Gasteiger partial charge < -0.3 is 5.32 Å². The normalized spacial score (nSPS) is 21.8. The molecule has 1 fully saturated rings. The van der Waals surface area contributed by atoms with Crippen molar-refractivity contribution in [3.8, 4) is 0 Å². The number of nitrogens with zero attached hydrogens (tertiary/aromatic N) is 1. The fourth-order valence-corrected chi connectivity index (χ4v) is 4.15. The Morgan fingerprint density at radius 1 is 1.26 bits per heavy atom. The molecule has 23 heavy (non-hydrogen) atoms. The topological polar surface area (TPSA) is 89.3 Å². The first-order valence-electron chi connectivity index (χ1n) is 8.06. The minimum Gasteiger partial charge on any atom is -0.382 e. The van der Waals surface area contributed by atoms with Crippen LogP contribution in [0, 0.1) is 16.0 Å². The molecule has 0 aromatic heterocycles. The number of sulfone groups is 1. The summed E-state index contributed by atoms with van der Waals surface area (Å²) in [5.74, 6) is 0.793. The van der Waals surface area contributed by atoms with E-state index in [4.69, 9.17) is 0 Å². The van der Waals surface area contributed by atoms with Gasteiger partial charge in [0, 0.05) is 24.1 Å². The molecule has 1 saturated carbocycles. The average molecular weight is 340 g/mol. The quantitative estimate of drug-likeness (QED) is 0.629. The van der Waals surface area contributed by atoms with Crippen LogP contribution in [0.2, 0.25) is 0 Å². The second-order valence-corrected chi connectivity index (χ2v) is 8.35. The zero-order valence-corrected chi connectivity index (χ0v) is 14.4. The summed E-state index contributed by atoms with van der Waals surface area (Å²) in [6, 6.07) is 4.54. The van der Waals surface area contributed by atoms with E-state index < -0.39 is 14.8 Å². The van der Waals surface area contributed by atoms with E-state index in [0.29, 0.717) is 11.7 Å². The van der Waals surface area contributed by atoms with Crippen LogP contribution in [0.15, 0.2) is 23.1 Å². The van der Waals surface area contributed by atoms with Gasteiger partial charge in [-0.1, -0.05) is 19.8 Å². The summed E-state index contributed by atoms with van der Waals surface area (Å²) in [5, 5.41) is 14.3. The predicted molar refractivity (Wildman–Crippen MR) is 90.5 cm³/mol. The van der Waals surface area contributed by atoms with Crippen molar-refractivity contribution >= 4 is 21.2 Å². The van der Waals surface area contributed by atoms with E-state index in [1.807, 2.05) is 0 Å². The Kier molecular flexibility index (Phi) is 5.62. The van der Waals surface area contributed by atoms with Gasteiger partial charge in [0.15, 0.2) is 9.84 Å². The molecule has 7 heteroatoms. The van der Waals surface area contributed by atoms with Crippen LogP contribution in [0.3, 0.4) is 0 Å². The molecule has 2 rings (SSSR count). The average Bonchev–Trinajstić information content (AvgIpc) is 2.48. The number of rotatable bonds is 6. The number of nitro groups is 1. The molecule has 1 aliphatic rings. The van der Waals surface area contributed by atoms with Crippen LogP contribution in [0.4, 0.5) is 11.4 Å². The number of hydrogen-bond donors (Lipinski definition) is 1. The molecule has 1 aromatic carbocycles. The van der Waals surface area contributed by atoms with Crippen LogP contribution >= 0.6 is 0 Å². The third-order valence-electron chi connectivity index (χ3n) is 4.47. The lowest BCUT2D eigenvalue weighted by atomic mass is 9.83. The molecule has 0 bridgehead atoms. The molecule has 0 heterocycles. The van der Waals surface area contributed by atoms with Gasteiger partial charge in [-0.2, -0.15) is 0 Å². The predicted octanol–water partition coefficient (Wildman–Crippen LogP) is 3.77. The van der Waals surface area contributed by atoms with E-state index in [1.165, 1.54) is 37.8 Å². The zero-order chi connectivity index (χ0) is 17.0. The summed E-state index contributed by atoms with van der Waals surface area (Å²) in [6.45, 7) is 2.20. The molecule has 0 amide bonds. The first kappa shape index (κ1) is 17.7. The van der Waals surface area contributed by atoms with Crippen LogP contribution in [-0.2, 0) is 9.84 Å². The summed E-state index contributed by atoms with van der Waals surface area (Å²) < 4.78 is 23.6. The lowest BCUT2D eigenvalue weighted by molar-refractivity contribution is -0.387. The highest BCUT2D eigenvalue weighted by atomic mass is 32.2. The van der Waals surface area contributed by atoms with Crippen molar-refractivity contribution in [3.05, 3.63) is 28.3 Å². The molecule has 128 valence electrons. The number of nitrogens with one attached hydrogen (secondary N) is 1. The van der Waals surface area contributed by atoms with Crippen LogP contribution < -0.4 is 5.32 Å². The zero-order valence-electron chi connectivity index (χ0n) is 13.6. The van der Waals surface area contributed by atoms with E-state index in [2.05, 4.69) is 12.2 Å². The van der Waals surface area contributed by atoms with Gasteiger partial charge in [-0.15, -0.1) is 0 Å². The van der Waals surface area contributed by atoms with Crippen molar-refractivity contribution < 1.29 is 13.3 Å². The summed E-state index contributed by atoms with van der Waals surface area (Å²) >= 11 is 0. The Hall–Kier alpha value is -1.63. The van der Waals surface area contributed by atoms with Crippen molar-refractivity contribution in [1.82, 2.24) is 0 Å². The van der Waals surface area contributed by atoms with Gasteiger partial charge in [0.1, 0.15) is 4.90 Å². The second kappa shape index (κ2) is 7.29. The van der Waals surface area contributed by atoms with Crippen LogP contribution in [0.1, 0.15) is 45.4 Å². The van der Waals surface area contributed by atoms with Crippen molar-refractivity contribution in [1.29, 1.82) is 0 Å². The highest BCUT2D eigenvalue weighted by Gasteiger charge is 2.24. The van der Waals surface area contributed by atoms with Crippen molar-refractivity contribution in [2.24, 2.45) is 5.92 Å². The summed E-state index contributed by atoms with van der Waals surface area (Å²) in [7, 11) is -3.64. The largest absolute Gasteiger partial charge is 0.382 e. The molecule has 6 nitrogen and oxygen atoms in total. The first-order valence-corrected chi connectivity index (χ1v) is 9.95. The van der Waals surface area contributed by atoms with Gasteiger partial charge in [0.2, 0.25) is 0 Å². The fraction of sp³-hybridized carbons (Fsp3) is 0.625. The summed E-state index contributed by atoms with van der Waals surface area (Å²) in [5.41, 5.74) is 0.264. The van der Waals surface area contributed by atoms with Gasteiger partial charge in [-0.05, 0) is 43.7 Å².